The first-order valence-corrected chi connectivity index (χ1v) is 14.4. The van der Waals surface area contributed by atoms with Crippen LogP contribution in [0.5, 0.6) is 0 Å². The number of ether oxygens (including phenoxy) is 3. The average Bonchev–Trinajstić information content (AvgIpc) is 2.93. The summed E-state index contributed by atoms with van der Waals surface area (Å²) < 4.78 is 21.4. The third-order valence-electron chi connectivity index (χ3n) is 8.28. The number of hydrogen-bond acceptors (Lipinski definition) is 7. The third-order valence-corrected chi connectivity index (χ3v) is 9.01. The minimum Gasteiger partial charge on any atom is -0.458 e. The number of carbonyl (C=O) groups excluding carboxylic acids is 2. The number of hydrogen-bond donors (Lipinski definition) is 1. The van der Waals surface area contributed by atoms with E-state index in [9.17, 15) is 9.59 Å². The van der Waals surface area contributed by atoms with Gasteiger partial charge in [-0.25, -0.2) is 4.79 Å². The number of rotatable bonds is 13. The van der Waals surface area contributed by atoms with Gasteiger partial charge >= 0.3 is 5.97 Å². The average molecular weight is 552 g/mol. The van der Waals surface area contributed by atoms with E-state index in [1.807, 2.05) is 12.1 Å². The Morgan fingerprint density at radius 1 is 1.00 bits per heavy atom. The van der Waals surface area contributed by atoms with Crippen molar-refractivity contribution >= 4 is 29.6 Å². The summed E-state index contributed by atoms with van der Waals surface area (Å²) in [6.45, 7) is 4.82. The van der Waals surface area contributed by atoms with Crippen LogP contribution in [0.25, 0.3) is 0 Å². The molecule has 4 aliphatic carbocycles. The van der Waals surface area contributed by atoms with Gasteiger partial charge in [-0.15, -0.1) is 0 Å². The molecule has 1 amide bonds. The molecule has 0 spiro atoms. The summed E-state index contributed by atoms with van der Waals surface area (Å²) in [6, 6.07) is 12.7. The maximum absolute atomic E-state index is 13.2. The Morgan fingerprint density at radius 2 is 1.67 bits per heavy atom. The fraction of sp³-hybridized carbons (Fsp3) is 0.484. The van der Waals surface area contributed by atoms with Gasteiger partial charge in [0.15, 0.2) is 6.79 Å². The third kappa shape index (κ3) is 6.57. The predicted molar refractivity (Wildman–Crippen MR) is 151 cm³/mol. The van der Waals surface area contributed by atoms with Gasteiger partial charge in [-0.05, 0) is 104 Å². The quantitative estimate of drug-likeness (QED) is 0.101. The summed E-state index contributed by atoms with van der Waals surface area (Å²) in [7, 11) is 1.64. The Morgan fingerprint density at radius 3 is 2.31 bits per heavy atom. The molecule has 0 aromatic heterocycles. The molecule has 8 heteroatoms. The summed E-state index contributed by atoms with van der Waals surface area (Å²) in [5.74, 6) is 1.79. The lowest BCUT2D eigenvalue weighted by molar-refractivity contribution is -0.00719. The Balaban J connectivity index is 1.32. The van der Waals surface area contributed by atoms with E-state index < -0.39 is 5.97 Å². The van der Waals surface area contributed by atoms with E-state index in [-0.39, 0.29) is 24.7 Å². The Bertz CT molecular complexity index is 1140. The van der Waals surface area contributed by atoms with Gasteiger partial charge in [0, 0.05) is 35.3 Å². The van der Waals surface area contributed by atoms with Crippen molar-refractivity contribution in [3.05, 3.63) is 71.8 Å². The lowest BCUT2D eigenvalue weighted by Gasteiger charge is -2.57. The Kier molecular flexibility index (Phi) is 9.07. The fourth-order valence-corrected chi connectivity index (χ4v) is 7.84. The SMILES string of the molecule is C=CCOC(=O)c1ccc(NC(=O)c2ccc(C34CC5CC(CC(C5)C3)C4)c(SOCOCCOC)c2)cc1. The van der Waals surface area contributed by atoms with Crippen LogP contribution < -0.4 is 5.32 Å². The molecule has 0 unspecified atom stereocenters. The number of benzene rings is 2. The van der Waals surface area contributed by atoms with Crippen LogP contribution in [0, 0.1) is 17.8 Å². The lowest BCUT2D eigenvalue weighted by atomic mass is 9.48. The second-order valence-electron chi connectivity index (χ2n) is 11.0. The van der Waals surface area contributed by atoms with E-state index in [1.54, 1.807) is 31.4 Å². The molecule has 208 valence electrons. The molecule has 7 nitrogen and oxygen atoms in total. The number of carbonyl (C=O) groups is 2. The topological polar surface area (TPSA) is 83.1 Å². The molecule has 0 saturated heterocycles. The van der Waals surface area contributed by atoms with E-state index in [0.717, 1.165) is 22.6 Å². The number of esters is 1. The highest BCUT2D eigenvalue weighted by Crippen LogP contribution is 2.61. The molecule has 39 heavy (non-hydrogen) atoms. The van der Waals surface area contributed by atoms with Gasteiger partial charge in [0.25, 0.3) is 5.91 Å². The summed E-state index contributed by atoms with van der Waals surface area (Å²) >= 11 is 1.30. The van der Waals surface area contributed by atoms with E-state index >= 15 is 0 Å². The van der Waals surface area contributed by atoms with Crippen LogP contribution in [-0.4, -0.2) is 45.6 Å². The minimum atomic E-state index is -0.430. The molecule has 2 aromatic rings. The largest absolute Gasteiger partial charge is 0.458 e. The fourth-order valence-electron chi connectivity index (χ4n) is 7.04. The highest BCUT2D eigenvalue weighted by Gasteiger charge is 2.52. The van der Waals surface area contributed by atoms with Crippen molar-refractivity contribution in [2.45, 2.75) is 48.8 Å². The molecule has 0 aliphatic heterocycles. The molecule has 1 N–H and O–H groups in total. The first-order valence-electron chi connectivity index (χ1n) is 13.7. The highest BCUT2D eigenvalue weighted by molar-refractivity contribution is 7.94. The van der Waals surface area contributed by atoms with Crippen LogP contribution in [-0.2, 0) is 23.8 Å². The highest BCUT2D eigenvalue weighted by atomic mass is 32.2. The van der Waals surface area contributed by atoms with Crippen molar-refractivity contribution in [2.75, 3.05) is 39.0 Å². The summed E-state index contributed by atoms with van der Waals surface area (Å²) in [5.41, 5.74) is 3.05. The standard InChI is InChI=1S/C31H37NO6S/c1-3-10-37-30(34)24-4-7-26(8-5-24)32-29(33)25-6-9-27(28(16-25)39-38-20-36-12-11-35-2)31-17-21-13-22(18-31)15-23(14-21)19-31/h3-9,16,21-23H,1,10-15,17-20H2,2H3,(H,32,33). The van der Waals surface area contributed by atoms with Crippen molar-refractivity contribution in [3.8, 4) is 0 Å². The van der Waals surface area contributed by atoms with Crippen LogP contribution >= 0.6 is 12.0 Å². The van der Waals surface area contributed by atoms with E-state index in [0.29, 0.717) is 30.0 Å². The summed E-state index contributed by atoms with van der Waals surface area (Å²) in [5, 5.41) is 2.94. The second kappa shape index (κ2) is 12.7. The van der Waals surface area contributed by atoms with E-state index in [2.05, 4.69) is 18.0 Å². The number of nitrogens with one attached hydrogen (secondary N) is 1. The van der Waals surface area contributed by atoms with Gasteiger partial charge in [-0.3, -0.25) is 8.98 Å². The maximum atomic E-state index is 13.2. The van der Waals surface area contributed by atoms with Crippen molar-refractivity contribution < 1.29 is 28.0 Å². The van der Waals surface area contributed by atoms with Gasteiger partial charge in [0.2, 0.25) is 0 Å². The molecule has 2 aromatic carbocycles. The van der Waals surface area contributed by atoms with Crippen LogP contribution in [0.1, 0.15) is 64.8 Å². The van der Waals surface area contributed by atoms with Crippen LogP contribution in [0.3, 0.4) is 0 Å². The van der Waals surface area contributed by atoms with Crippen molar-refractivity contribution in [1.82, 2.24) is 0 Å². The molecule has 0 radical (unpaired) electrons. The number of methoxy groups -OCH3 is 1. The van der Waals surface area contributed by atoms with E-state index in [4.69, 9.17) is 18.4 Å². The van der Waals surface area contributed by atoms with Gasteiger partial charge in [0.1, 0.15) is 6.61 Å². The van der Waals surface area contributed by atoms with Crippen molar-refractivity contribution in [1.29, 1.82) is 0 Å². The van der Waals surface area contributed by atoms with Crippen molar-refractivity contribution in [2.24, 2.45) is 17.8 Å². The molecule has 4 bridgehead atoms. The minimum absolute atomic E-state index is 0.145. The zero-order valence-corrected chi connectivity index (χ0v) is 23.3. The monoisotopic (exact) mass is 551 g/mol. The van der Waals surface area contributed by atoms with Crippen LogP contribution in [0.15, 0.2) is 60.0 Å². The first kappa shape index (κ1) is 27.9. The van der Waals surface area contributed by atoms with Gasteiger partial charge in [-0.2, -0.15) is 0 Å². The smallest absolute Gasteiger partial charge is 0.338 e. The summed E-state index contributed by atoms with van der Waals surface area (Å²) in [4.78, 5) is 26.2. The number of anilines is 1. The normalized spacial score (nSPS) is 24.9. The zero-order valence-electron chi connectivity index (χ0n) is 22.5. The molecule has 6 rings (SSSR count). The van der Waals surface area contributed by atoms with E-state index in [1.165, 1.54) is 62.2 Å². The second-order valence-corrected chi connectivity index (χ2v) is 11.9. The number of amides is 1. The van der Waals surface area contributed by atoms with Crippen LogP contribution in [0.2, 0.25) is 0 Å². The lowest BCUT2D eigenvalue weighted by Crippen LogP contribution is -2.48. The molecule has 0 heterocycles. The summed E-state index contributed by atoms with van der Waals surface area (Å²) in [6.07, 6.45) is 9.32. The Hall–Kier alpha value is -2.65. The first-order chi connectivity index (χ1) is 19.0. The van der Waals surface area contributed by atoms with Crippen LogP contribution in [0.4, 0.5) is 5.69 Å². The molecular weight excluding hydrogens is 514 g/mol. The van der Waals surface area contributed by atoms with Crippen molar-refractivity contribution in [3.63, 3.8) is 0 Å². The van der Waals surface area contributed by atoms with Gasteiger partial charge in [-0.1, -0.05) is 18.7 Å². The molecule has 4 fully saturated rings. The van der Waals surface area contributed by atoms with Gasteiger partial charge in [0.05, 0.1) is 18.8 Å². The molecule has 4 aliphatic rings. The molecule has 4 saturated carbocycles. The van der Waals surface area contributed by atoms with Gasteiger partial charge < -0.3 is 19.5 Å². The zero-order chi connectivity index (χ0) is 27.2. The maximum Gasteiger partial charge on any atom is 0.338 e. The predicted octanol–water partition coefficient (Wildman–Crippen LogP) is 6.39. The Labute approximate surface area is 234 Å². The molecular formula is C31H37NO6S. The molecule has 0 atom stereocenters.